The van der Waals surface area contributed by atoms with E-state index >= 15 is 0 Å². The molecule has 0 saturated heterocycles. The summed E-state index contributed by atoms with van der Waals surface area (Å²) in [6, 6.07) is 0. The summed E-state index contributed by atoms with van der Waals surface area (Å²) < 4.78 is 1.06. The fourth-order valence-corrected chi connectivity index (χ4v) is 0.715. The zero-order valence-electron chi connectivity index (χ0n) is 4.74. The molecule has 0 aromatic carbocycles. The molecule has 0 fully saturated rings. The molecule has 0 aliphatic heterocycles. The number of aliphatic imine (C=N–C) groups is 1. The van der Waals surface area contributed by atoms with Gasteiger partial charge in [-0.2, -0.15) is 0 Å². The molecular weight excluding hydrogens is 154 g/mol. The molecule has 0 spiro atoms. The van der Waals surface area contributed by atoms with Gasteiger partial charge in [-0.25, -0.2) is 0 Å². The van der Waals surface area contributed by atoms with Crippen LogP contribution in [-0.4, -0.2) is 11.7 Å². The lowest BCUT2D eigenvalue weighted by atomic mass is 10.4. The Morgan fingerprint density at radius 1 is 1.71 bits per heavy atom. The van der Waals surface area contributed by atoms with Gasteiger partial charge >= 0.3 is 0 Å². The van der Waals surface area contributed by atoms with Gasteiger partial charge in [-0.05, 0) is 22.4 Å². The summed E-state index contributed by atoms with van der Waals surface area (Å²) in [7, 11) is 1.79. The average Bonchev–Trinajstić information content (AvgIpc) is 1.68. The minimum Gasteiger partial charge on any atom is -0.286 e. The lowest BCUT2D eigenvalue weighted by Gasteiger charge is -1.87. The van der Waals surface area contributed by atoms with Crippen LogP contribution in [0.4, 0.5) is 0 Å². The molecule has 0 unspecified atom stereocenters. The molecule has 0 bridgehead atoms. The summed E-state index contributed by atoms with van der Waals surface area (Å²) in [5, 5.41) is 0. The van der Waals surface area contributed by atoms with Crippen molar-refractivity contribution in [1.29, 1.82) is 0 Å². The van der Waals surface area contributed by atoms with Crippen LogP contribution < -0.4 is 0 Å². The van der Waals surface area contributed by atoms with Gasteiger partial charge in [-0.15, -0.1) is 0 Å². The van der Waals surface area contributed by atoms with Crippen LogP contribution in [0.25, 0.3) is 0 Å². The third-order valence-electron chi connectivity index (χ3n) is 0.699. The van der Waals surface area contributed by atoms with Crippen molar-refractivity contribution in [1.82, 2.24) is 0 Å². The summed E-state index contributed by atoms with van der Waals surface area (Å²) in [6.07, 6.45) is 2.23. The third-order valence-corrected chi connectivity index (χ3v) is 1.45. The third kappa shape index (κ3) is 3.99. The standard InChI is InChI=1S/C5H10BrN/c1-3-4-5(6)7-2/h3-4H2,1-2H3. The van der Waals surface area contributed by atoms with Crippen molar-refractivity contribution in [2.75, 3.05) is 7.05 Å². The average molecular weight is 164 g/mol. The molecule has 0 aromatic rings. The molecule has 0 atom stereocenters. The first kappa shape index (κ1) is 7.15. The van der Waals surface area contributed by atoms with Crippen LogP contribution in [0.5, 0.6) is 0 Å². The Labute approximate surface area is 53.0 Å². The SMILES string of the molecule is CCCC(Br)=NC. The van der Waals surface area contributed by atoms with Crippen LogP contribution in [0.3, 0.4) is 0 Å². The first-order chi connectivity index (χ1) is 3.31. The number of hydrogen-bond acceptors (Lipinski definition) is 1. The number of halogens is 1. The van der Waals surface area contributed by atoms with Gasteiger partial charge in [0.25, 0.3) is 0 Å². The Morgan fingerprint density at radius 3 is 2.43 bits per heavy atom. The Morgan fingerprint density at radius 2 is 2.29 bits per heavy atom. The number of rotatable bonds is 2. The van der Waals surface area contributed by atoms with E-state index in [-0.39, 0.29) is 0 Å². The maximum atomic E-state index is 3.91. The summed E-state index contributed by atoms with van der Waals surface area (Å²) in [5.41, 5.74) is 0. The predicted octanol–water partition coefficient (Wildman–Crippen LogP) is 2.21. The molecule has 7 heavy (non-hydrogen) atoms. The fraction of sp³-hybridized carbons (Fsp3) is 0.800. The lowest BCUT2D eigenvalue weighted by Crippen LogP contribution is -1.81. The fourth-order valence-electron chi connectivity index (χ4n) is 0.318. The zero-order valence-corrected chi connectivity index (χ0v) is 6.33. The first-order valence-corrected chi connectivity index (χ1v) is 3.21. The van der Waals surface area contributed by atoms with E-state index in [1.807, 2.05) is 0 Å². The van der Waals surface area contributed by atoms with Crippen molar-refractivity contribution in [3.8, 4) is 0 Å². The van der Waals surface area contributed by atoms with Gasteiger partial charge in [-0.1, -0.05) is 13.3 Å². The monoisotopic (exact) mass is 163 g/mol. The highest BCUT2D eigenvalue weighted by Crippen LogP contribution is 1.97. The largest absolute Gasteiger partial charge is 0.286 e. The minimum atomic E-state index is 1.06. The summed E-state index contributed by atoms with van der Waals surface area (Å²) in [4.78, 5) is 3.91. The molecule has 0 aliphatic carbocycles. The van der Waals surface area contributed by atoms with Gasteiger partial charge < -0.3 is 0 Å². The van der Waals surface area contributed by atoms with Gasteiger partial charge in [0, 0.05) is 7.05 Å². The predicted molar refractivity (Wildman–Crippen MR) is 37.2 cm³/mol. The van der Waals surface area contributed by atoms with Crippen molar-refractivity contribution in [2.45, 2.75) is 19.8 Å². The molecule has 0 amide bonds. The molecule has 0 N–H and O–H groups in total. The van der Waals surface area contributed by atoms with Gasteiger partial charge in [0.05, 0.1) is 4.62 Å². The van der Waals surface area contributed by atoms with Crippen molar-refractivity contribution in [2.24, 2.45) is 4.99 Å². The molecule has 0 rings (SSSR count). The quantitative estimate of drug-likeness (QED) is 0.555. The summed E-state index contributed by atoms with van der Waals surface area (Å²) >= 11 is 3.29. The van der Waals surface area contributed by atoms with Crippen LogP contribution >= 0.6 is 15.9 Å². The Balaban J connectivity index is 3.17. The smallest absolute Gasteiger partial charge is 0.0770 e. The van der Waals surface area contributed by atoms with Crippen molar-refractivity contribution >= 4 is 20.6 Å². The summed E-state index contributed by atoms with van der Waals surface area (Å²) in [6.45, 7) is 2.13. The van der Waals surface area contributed by atoms with Crippen molar-refractivity contribution in [3.63, 3.8) is 0 Å². The Bertz CT molecular complexity index is 68.5. The second-order valence-corrected chi connectivity index (χ2v) is 2.27. The van der Waals surface area contributed by atoms with Crippen molar-refractivity contribution in [3.05, 3.63) is 0 Å². The molecule has 0 radical (unpaired) electrons. The van der Waals surface area contributed by atoms with Crippen LogP contribution in [-0.2, 0) is 0 Å². The molecule has 1 nitrogen and oxygen atoms in total. The normalized spacial score (nSPS) is 12.1. The highest BCUT2D eigenvalue weighted by Gasteiger charge is 1.84. The van der Waals surface area contributed by atoms with E-state index in [9.17, 15) is 0 Å². The molecule has 0 heterocycles. The molecule has 0 aliphatic rings. The Kier molecular flexibility index (Phi) is 4.41. The second kappa shape index (κ2) is 4.31. The second-order valence-electron chi connectivity index (χ2n) is 1.35. The van der Waals surface area contributed by atoms with E-state index in [2.05, 4.69) is 27.8 Å². The summed E-state index contributed by atoms with van der Waals surface area (Å²) in [5.74, 6) is 0. The van der Waals surface area contributed by atoms with Crippen LogP contribution in [0.15, 0.2) is 4.99 Å². The van der Waals surface area contributed by atoms with Gasteiger partial charge in [-0.3, -0.25) is 4.99 Å². The highest BCUT2D eigenvalue weighted by molar-refractivity contribution is 9.18. The molecule has 0 aromatic heterocycles. The topological polar surface area (TPSA) is 12.4 Å². The van der Waals surface area contributed by atoms with Crippen LogP contribution in [0.1, 0.15) is 19.8 Å². The van der Waals surface area contributed by atoms with Gasteiger partial charge in [0.2, 0.25) is 0 Å². The van der Waals surface area contributed by atoms with Gasteiger partial charge in [0.1, 0.15) is 0 Å². The Hall–Kier alpha value is 0.150. The lowest BCUT2D eigenvalue weighted by molar-refractivity contribution is 1.00. The maximum Gasteiger partial charge on any atom is 0.0770 e. The van der Waals surface area contributed by atoms with Crippen LogP contribution in [0, 0.1) is 0 Å². The number of hydrogen-bond donors (Lipinski definition) is 0. The maximum absolute atomic E-state index is 3.91. The van der Waals surface area contributed by atoms with Crippen molar-refractivity contribution < 1.29 is 0 Å². The van der Waals surface area contributed by atoms with E-state index in [1.165, 1.54) is 0 Å². The number of nitrogens with zero attached hydrogens (tertiary/aromatic N) is 1. The highest BCUT2D eigenvalue weighted by atomic mass is 79.9. The van der Waals surface area contributed by atoms with E-state index < -0.39 is 0 Å². The zero-order chi connectivity index (χ0) is 5.70. The van der Waals surface area contributed by atoms with E-state index in [0.29, 0.717) is 0 Å². The molecular formula is C5H10BrN. The first-order valence-electron chi connectivity index (χ1n) is 2.42. The van der Waals surface area contributed by atoms with E-state index in [4.69, 9.17) is 0 Å². The molecule has 42 valence electrons. The van der Waals surface area contributed by atoms with Gasteiger partial charge in [0.15, 0.2) is 0 Å². The van der Waals surface area contributed by atoms with E-state index in [0.717, 1.165) is 17.5 Å². The minimum absolute atomic E-state index is 1.06. The van der Waals surface area contributed by atoms with E-state index in [1.54, 1.807) is 7.05 Å². The molecule has 0 saturated carbocycles. The molecule has 2 heteroatoms. The van der Waals surface area contributed by atoms with Crippen LogP contribution in [0.2, 0.25) is 0 Å².